The number of sulfone groups is 1. The van der Waals surface area contributed by atoms with E-state index in [0.717, 1.165) is 10.0 Å². The van der Waals surface area contributed by atoms with Gasteiger partial charge in [0.05, 0.1) is 12.0 Å². The quantitative estimate of drug-likeness (QED) is 0.351. The SMILES string of the molecule is COc1cccc(Nc2oc(-c3ccccc3C)nc2S(=O)(=O)c2ccc(Br)cc2)c1. The number of hydrogen-bond donors (Lipinski definition) is 1. The molecule has 158 valence electrons. The molecule has 0 aliphatic heterocycles. The molecule has 4 rings (SSSR count). The van der Waals surface area contributed by atoms with Gasteiger partial charge in [0.1, 0.15) is 5.75 Å². The summed E-state index contributed by atoms with van der Waals surface area (Å²) in [5, 5.41) is 2.86. The molecule has 0 saturated heterocycles. The maximum Gasteiger partial charge on any atom is 0.238 e. The predicted molar refractivity (Wildman–Crippen MR) is 123 cm³/mol. The average Bonchev–Trinajstić information content (AvgIpc) is 3.19. The smallest absolute Gasteiger partial charge is 0.238 e. The van der Waals surface area contributed by atoms with Crippen molar-refractivity contribution in [3.05, 3.63) is 82.8 Å². The van der Waals surface area contributed by atoms with Crippen molar-refractivity contribution in [2.75, 3.05) is 12.4 Å². The van der Waals surface area contributed by atoms with Crippen molar-refractivity contribution in [2.24, 2.45) is 0 Å². The molecule has 0 saturated carbocycles. The van der Waals surface area contributed by atoms with Crippen molar-refractivity contribution in [1.29, 1.82) is 0 Å². The summed E-state index contributed by atoms with van der Waals surface area (Å²) in [6.45, 7) is 1.91. The summed E-state index contributed by atoms with van der Waals surface area (Å²) in [4.78, 5) is 4.51. The zero-order valence-electron chi connectivity index (χ0n) is 16.8. The first-order chi connectivity index (χ1) is 14.9. The van der Waals surface area contributed by atoms with Gasteiger partial charge in [0, 0.05) is 21.8 Å². The number of methoxy groups -OCH3 is 1. The molecule has 0 spiro atoms. The minimum Gasteiger partial charge on any atom is -0.497 e. The van der Waals surface area contributed by atoms with Gasteiger partial charge in [-0.2, -0.15) is 4.98 Å². The topological polar surface area (TPSA) is 81.4 Å². The Morgan fingerprint density at radius 3 is 2.45 bits per heavy atom. The van der Waals surface area contributed by atoms with Crippen LogP contribution >= 0.6 is 15.9 Å². The molecule has 0 amide bonds. The summed E-state index contributed by atoms with van der Waals surface area (Å²) in [6, 6.07) is 21.0. The third-order valence-corrected chi connectivity index (χ3v) is 6.88. The van der Waals surface area contributed by atoms with E-state index in [9.17, 15) is 8.42 Å². The normalized spacial score (nSPS) is 11.3. The number of oxazole rings is 1. The molecule has 8 heteroatoms. The molecule has 0 unspecified atom stereocenters. The Labute approximate surface area is 189 Å². The van der Waals surface area contributed by atoms with Gasteiger partial charge in [-0.05, 0) is 55.0 Å². The van der Waals surface area contributed by atoms with Crippen LogP contribution in [0.1, 0.15) is 5.56 Å². The molecule has 0 bridgehead atoms. The van der Waals surface area contributed by atoms with E-state index in [1.807, 2.05) is 31.2 Å². The van der Waals surface area contributed by atoms with Crippen LogP contribution in [0, 0.1) is 6.92 Å². The molecular weight excluding hydrogens is 480 g/mol. The number of aromatic nitrogens is 1. The number of ether oxygens (including phenoxy) is 1. The molecule has 0 aliphatic carbocycles. The van der Waals surface area contributed by atoms with E-state index in [2.05, 4.69) is 26.2 Å². The van der Waals surface area contributed by atoms with Gasteiger partial charge < -0.3 is 14.5 Å². The lowest BCUT2D eigenvalue weighted by atomic mass is 10.1. The molecule has 1 heterocycles. The van der Waals surface area contributed by atoms with Crippen LogP contribution in [0.2, 0.25) is 0 Å². The number of benzene rings is 3. The second-order valence-corrected chi connectivity index (χ2v) is 9.56. The van der Waals surface area contributed by atoms with Gasteiger partial charge in [-0.3, -0.25) is 0 Å². The standard InChI is InChI=1S/C23H19BrN2O4S/c1-15-6-3-4-9-20(15)21-26-23(31(27,28)19-12-10-16(24)11-13-19)22(30-21)25-17-7-5-8-18(14-17)29-2/h3-14,25H,1-2H3. The average molecular weight is 499 g/mol. The number of hydrogen-bond acceptors (Lipinski definition) is 6. The van der Waals surface area contributed by atoms with Crippen LogP contribution in [0.5, 0.6) is 5.75 Å². The zero-order chi connectivity index (χ0) is 22.0. The minimum absolute atomic E-state index is 0.0365. The number of rotatable bonds is 6. The predicted octanol–water partition coefficient (Wildman–Crippen LogP) is 6.00. The molecule has 6 nitrogen and oxygen atoms in total. The lowest BCUT2D eigenvalue weighted by Gasteiger charge is -2.07. The third kappa shape index (κ3) is 4.35. The fourth-order valence-corrected chi connectivity index (χ4v) is 4.57. The van der Waals surface area contributed by atoms with Crippen molar-refractivity contribution in [3.63, 3.8) is 0 Å². The Balaban J connectivity index is 1.86. The maximum absolute atomic E-state index is 13.4. The van der Waals surface area contributed by atoms with E-state index in [0.29, 0.717) is 17.0 Å². The highest BCUT2D eigenvalue weighted by Gasteiger charge is 2.29. The van der Waals surface area contributed by atoms with Crippen molar-refractivity contribution >= 4 is 37.3 Å². The third-order valence-electron chi connectivity index (χ3n) is 4.68. The van der Waals surface area contributed by atoms with Gasteiger partial charge in [0.15, 0.2) is 0 Å². The van der Waals surface area contributed by atoms with Gasteiger partial charge in [-0.25, -0.2) is 8.42 Å². The van der Waals surface area contributed by atoms with Gasteiger partial charge in [0.25, 0.3) is 0 Å². The van der Waals surface area contributed by atoms with E-state index in [1.165, 1.54) is 12.1 Å². The first kappa shape index (κ1) is 21.1. The highest BCUT2D eigenvalue weighted by atomic mass is 79.9. The van der Waals surface area contributed by atoms with Crippen LogP contribution in [-0.2, 0) is 9.84 Å². The van der Waals surface area contributed by atoms with Crippen LogP contribution in [0.15, 0.2) is 91.6 Å². The van der Waals surface area contributed by atoms with E-state index < -0.39 is 9.84 Å². The van der Waals surface area contributed by atoms with Crippen LogP contribution in [0.4, 0.5) is 11.6 Å². The van der Waals surface area contributed by atoms with Gasteiger partial charge >= 0.3 is 0 Å². The monoisotopic (exact) mass is 498 g/mol. The molecular formula is C23H19BrN2O4S. The van der Waals surface area contributed by atoms with Crippen LogP contribution in [0.25, 0.3) is 11.5 Å². The summed E-state index contributed by atoms with van der Waals surface area (Å²) in [6.07, 6.45) is 0. The van der Waals surface area contributed by atoms with Gasteiger partial charge in [-0.1, -0.05) is 40.2 Å². The molecule has 0 aliphatic rings. The van der Waals surface area contributed by atoms with Crippen LogP contribution in [-0.4, -0.2) is 20.5 Å². The maximum atomic E-state index is 13.4. The molecule has 3 aromatic carbocycles. The van der Waals surface area contributed by atoms with Gasteiger partial charge in [-0.15, -0.1) is 0 Å². The number of aryl methyl sites for hydroxylation is 1. The first-order valence-electron chi connectivity index (χ1n) is 9.37. The second-order valence-electron chi connectivity index (χ2n) is 6.78. The summed E-state index contributed by atoms with van der Waals surface area (Å²) < 4.78 is 38.8. The van der Waals surface area contributed by atoms with E-state index in [1.54, 1.807) is 43.5 Å². The molecule has 1 N–H and O–H groups in total. The van der Waals surface area contributed by atoms with Crippen LogP contribution < -0.4 is 10.1 Å². The molecule has 31 heavy (non-hydrogen) atoms. The minimum atomic E-state index is -3.94. The van der Waals surface area contributed by atoms with Crippen molar-refractivity contribution in [3.8, 4) is 17.2 Å². The summed E-state index contributed by atoms with van der Waals surface area (Å²) in [5.41, 5.74) is 2.25. The molecule has 0 atom stereocenters. The molecule has 4 aromatic rings. The fraction of sp³-hybridized carbons (Fsp3) is 0.0870. The largest absolute Gasteiger partial charge is 0.497 e. The fourth-order valence-electron chi connectivity index (χ4n) is 3.05. The van der Waals surface area contributed by atoms with E-state index in [-0.39, 0.29) is 21.7 Å². The number of nitrogens with one attached hydrogen (secondary N) is 1. The lowest BCUT2D eigenvalue weighted by Crippen LogP contribution is -2.05. The first-order valence-corrected chi connectivity index (χ1v) is 11.6. The number of halogens is 1. The highest BCUT2D eigenvalue weighted by molar-refractivity contribution is 9.10. The van der Waals surface area contributed by atoms with E-state index >= 15 is 0 Å². The Morgan fingerprint density at radius 2 is 1.74 bits per heavy atom. The van der Waals surface area contributed by atoms with Crippen LogP contribution in [0.3, 0.4) is 0 Å². The summed E-state index contributed by atoms with van der Waals surface area (Å²) in [7, 11) is -2.38. The van der Waals surface area contributed by atoms with E-state index in [4.69, 9.17) is 9.15 Å². The highest BCUT2D eigenvalue weighted by Crippen LogP contribution is 2.35. The molecule has 0 radical (unpaired) electrons. The summed E-state index contributed by atoms with van der Waals surface area (Å²) >= 11 is 3.33. The summed E-state index contributed by atoms with van der Waals surface area (Å²) in [5.74, 6) is 0.884. The Hall–Kier alpha value is -3.10. The molecule has 1 aromatic heterocycles. The number of nitrogens with zero attached hydrogens (tertiary/aromatic N) is 1. The Kier molecular flexibility index (Phi) is 5.84. The van der Waals surface area contributed by atoms with Crippen molar-refractivity contribution in [2.45, 2.75) is 16.8 Å². The number of anilines is 2. The Morgan fingerprint density at radius 1 is 1.00 bits per heavy atom. The van der Waals surface area contributed by atoms with Crippen molar-refractivity contribution < 1.29 is 17.6 Å². The lowest BCUT2D eigenvalue weighted by molar-refractivity contribution is 0.415. The van der Waals surface area contributed by atoms with Crippen molar-refractivity contribution in [1.82, 2.24) is 4.98 Å². The zero-order valence-corrected chi connectivity index (χ0v) is 19.2. The Bertz CT molecular complexity index is 1330. The molecule has 0 fully saturated rings. The second kappa shape index (κ2) is 8.56. The van der Waals surface area contributed by atoms with Gasteiger partial charge in [0.2, 0.25) is 26.6 Å².